The van der Waals surface area contributed by atoms with Crippen LogP contribution in [-0.4, -0.2) is 38.8 Å². The Kier molecular flexibility index (Phi) is 6.89. The quantitative estimate of drug-likeness (QED) is 0.514. The van der Waals surface area contributed by atoms with Gasteiger partial charge in [-0.1, -0.05) is 13.0 Å². The van der Waals surface area contributed by atoms with E-state index in [1.54, 1.807) is 0 Å². The Hall–Kier alpha value is -0.870. The second kappa shape index (κ2) is 8.25. The van der Waals surface area contributed by atoms with Gasteiger partial charge in [0.05, 0.1) is 13.2 Å². The highest BCUT2D eigenvalue weighted by Gasteiger charge is 2.26. The molecule has 4 heteroatoms. The monoisotopic (exact) mass is 240 g/mol. The fraction of sp³-hybridized carbons (Fsp3) is 0.769. The van der Waals surface area contributed by atoms with E-state index in [1.165, 1.54) is 0 Å². The summed E-state index contributed by atoms with van der Waals surface area (Å²) in [6.45, 7) is 9.49. The van der Waals surface area contributed by atoms with Crippen molar-refractivity contribution in [3.63, 3.8) is 0 Å². The van der Waals surface area contributed by atoms with Crippen LogP contribution in [0.15, 0.2) is 12.7 Å². The highest BCUT2D eigenvalue weighted by molar-refractivity contribution is 5.79. The number of amides is 1. The summed E-state index contributed by atoms with van der Waals surface area (Å²) in [6, 6.07) is 0. The summed E-state index contributed by atoms with van der Waals surface area (Å²) in [4.78, 5) is 11.9. The highest BCUT2D eigenvalue weighted by atomic mass is 16.5. The molecule has 1 rings (SSSR count). The first-order chi connectivity index (χ1) is 8.25. The molecule has 1 aliphatic rings. The van der Waals surface area contributed by atoms with Gasteiger partial charge in [-0.3, -0.25) is 4.79 Å². The summed E-state index contributed by atoms with van der Waals surface area (Å²) in [5, 5.41) is 6.24. The lowest BCUT2D eigenvalue weighted by molar-refractivity contribution is -0.127. The van der Waals surface area contributed by atoms with E-state index >= 15 is 0 Å². The van der Waals surface area contributed by atoms with Crippen LogP contribution >= 0.6 is 0 Å². The van der Waals surface area contributed by atoms with Crippen molar-refractivity contribution in [3.8, 4) is 0 Å². The Bertz CT molecular complexity index is 244. The summed E-state index contributed by atoms with van der Waals surface area (Å²) in [5.74, 6) is 0.751. The lowest BCUT2D eigenvalue weighted by atomic mass is 9.87. The van der Waals surface area contributed by atoms with E-state index in [4.69, 9.17) is 4.74 Å². The molecule has 0 saturated carbocycles. The standard InChI is InChI=1S/C13H24N2O2/c1-3-4-8-17-9-7-15-13(16)12-5-6-14-10-11(12)2/h3,11-12,14H,1,4-10H2,2H3,(H,15,16). The lowest BCUT2D eigenvalue weighted by Crippen LogP contribution is -2.44. The van der Waals surface area contributed by atoms with Gasteiger partial charge in [-0.05, 0) is 31.8 Å². The van der Waals surface area contributed by atoms with Gasteiger partial charge >= 0.3 is 0 Å². The Morgan fingerprint density at radius 2 is 2.41 bits per heavy atom. The van der Waals surface area contributed by atoms with E-state index in [1.807, 2.05) is 6.08 Å². The zero-order valence-corrected chi connectivity index (χ0v) is 10.7. The van der Waals surface area contributed by atoms with E-state index in [9.17, 15) is 4.79 Å². The maximum atomic E-state index is 11.9. The summed E-state index contributed by atoms with van der Waals surface area (Å²) in [6.07, 6.45) is 3.62. The van der Waals surface area contributed by atoms with Gasteiger partial charge in [0.1, 0.15) is 0 Å². The number of carbonyl (C=O) groups is 1. The molecule has 1 amide bonds. The molecule has 0 bridgehead atoms. The molecule has 2 atom stereocenters. The number of nitrogens with one attached hydrogen (secondary N) is 2. The van der Waals surface area contributed by atoms with Crippen molar-refractivity contribution in [1.29, 1.82) is 0 Å². The maximum absolute atomic E-state index is 11.9. The SMILES string of the molecule is C=CCCOCCNC(=O)C1CCNCC1C. The van der Waals surface area contributed by atoms with Crippen molar-refractivity contribution in [2.75, 3.05) is 32.8 Å². The fourth-order valence-electron chi connectivity index (χ4n) is 2.05. The first-order valence-corrected chi connectivity index (χ1v) is 6.42. The summed E-state index contributed by atoms with van der Waals surface area (Å²) >= 11 is 0. The molecule has 4 nitrogen and oxygen atoms in total. The summed E-state index contributed by atoms with van der Waals surface area (Å²) in [7, 11) is 0. The molecule has 1 aliphatic heterocycles. The normalized spacial score (nSPS) is 24.3. The smallest absolute Gasteiger partial charge is 0.223 e. The minimum absolute atomic E-state index is 0.157. The first kappa shape index (κ1) is 14.2. The van der Waals surface area contributed by atoms with Gasteiger partial charge in [-0.25, -0.2) is 0 Å². The number of piperidine rings is 1. The number of carbonyl (C=O) groups excluding carboxylic acids is 1. The molecule has 1 heterocycles. The minimum atomic E-state index is 0.157. The van der Waals surface area contributed by atoms with Crippen molar-refractivity contribution in [3.05, 3.63) is 12.7 Å². The molecule has 17 heavy (non-hydrogen) atoms. The third-order valence-corrected chi connectivity index (χ3v) is 3.13. The van der Waals surface area contributed by atoms with Crippen LogP contribution < -0.4 is 10.6 Å². The zero-order chi connectivity index (χ0) is 12.5. The first-order valence-electron chi connectivity index (χ1n) is 6.42. The maximum Gasteiger partial charge on any atom is 0.223 e. The average Bonchev–Trinajstić information content (AvgIpc) is 2.34. The average molecular weight is 240 g/mol. The van der Waals surface area contributed by atoms with Crippen LogP contribution in [0.5, 0.6) is 0 Å². The van der Waals surface area contributed by atoms with Gasteiger partial charge in [-0.15, -0.1) is 6.58 Å². The Morgan fingerprint density at radius 3 is 3.12 bits per heavy atom. The van der Waals surface area contributed by atoms with Crippen LogP contribution in [0.3, 0.4) is 0 Å². The van der Waals surface area contributed by atoms with Crippen LogP contribution in [0.2, 0.25) is 0 Å². The van der Waals surface area contributed by atoms with Crippen molar-refractivity contribution >= 4 is 5.91 Å². The van der Waals surface area contributed by atoms with Crippen LogP contribution in [-0.2, 0) is 9.53 Å². The van der Waals surface area contributed by atoms with Crippen molar-refractivity contribution in [2.24, 2.45) is 11.8 Å². The van der Waals surface area contributed by atoms with Crippen molar-refractivity contribution in [1.82, 2.24) is 10.6 Å². The Balaban J connectivity index is 2.09. The second-order valence-corrected chi connectivity index (χ2v) is 4.56. The number of rotatable bonds is 7. The van der Waals surface area contributed by atoms with Crippen LogP contribution in [0.1, 0.15) is 19.8 Å². The molecule has 2 unspecified atom stereocenters. The zero-order valence-electron chi connectivity index (χ0n) is 10.7. The summed E-state index contributed by atoms with van der Waals surface area (Å²) in [5.41, 5.74) is 0. The molecular formula is C13H24N2O2. The molecule has 0 aromatic carbocycles. The van der Waals surface area contributed by atoms with Gasteiger partial charge in [-0.2, -0.15) is 0 Å². The number of ether oxygens (including phenoxy) is 1. The predicted octanol–water partition coefficient (Wildman–Crippen LogP) is 0.941. The Morgan fingerprint density at radius 1 is 1.59 bits per heavy atom. The van der Waals surface area contributed by atoms with E-state index in [0.717, 1.165) is 25.9 Å². The number of hydrogen-bond donors (Lipinski definition) is 2. The molecule has 0 aromatic heterocycles. The van der Waals surface area contributed by atoms with Crippen molar-refractivity contribution < 1.29 is 9.53 Å². The minimum Gasteiger partial charge on any atom is -0.379 e. The highest BCUT2D eigenvalue weighted by Crippen LogP contribution is 2.18. The number of hydrogen-bond acceptors (Lipinski definition) is 3. The van der Waals surface area contributed by atoms with Crippen LogP contribution in [0, 0.1) is 11.8 Å². The van der Waals surface area contributed by atoms with E-state index < -0.39 is 0 Å². The summed E-state index contributed by atoms with van der Waals surface area (Å²) < 4.78 is 5.34. The van der Waals surface area contributed by atoms with E-state index in [-0.39, 0.29) is 11.8 Å². The van der Waals surface area contributed by atoms with Crippen LogP contribution in [0.25, 0.3) is 0 Å². The van der Waals surface area contributed by atoms with Gasteiger partial charge in [0.25, 0.3) is 0 Å². The fourth-order valence-corrected chi connectivity index (χ4v) is 2.05. The third kappa shape index (κ3) is 5.33. The second-order valence-electron chi connectivity index (χ2n) is 4.56. The molecule has 0 aliphatic carbocycles. The molecule has 0 spiro atoms. The lowest BCUT2D eigenvalue weighted by Gasteiger charge is -2.28. The van der Waals surface area contributed by atoms with Gasteiger partial charge in [0.2, 0.25) is 5.91 Å². The largest absolute Gasteiger partial charge is 0.379 e. The molecule has 0 radical (unpaired) electrons. The third-order valence-electron chi connectivity index (χ3n) is 3.13. The van der Waals surface area contributed by atoms with E-state index in [2.05, 4.69) is 24.1 Å². The van der Waals surface area contributed by atoms with Gasteiger partial charge in [0, 0.05) is 12.5 Å². The topological polar surface area (TPSA) is 50.4 Å². The molecule has 1 saturated heterocycles. The molecule has 1 fully saturated rings. The van der Waals surface area contributed by atoms with Crippen LogP contribution in [0.4, 0.5) is 0 Å². The molecular weight excluding hydrogens is 216 g/mol. The van der Waals surface area contributed by atoms with Gasteiger partial charge in [0.15, 0.2) is 0 Å². The molecule has 0 aromatic rings. The molecule has 98 valence electrons. The molecule has 2 N–H and O–H groups in total. The van der Waals surface area contributed by atoms with E-state index in [0.29, 0.717) is 25.7 Å². The van der Waals surface area contributed by atoms with Gasteiger partial charge < -0.3 is 15.4 Å². The Labute approximate surface area is 104 Å². The van der Waals surface area contributed by atoms with Crippen molar-refractivity contribution in [2.45, 2.75) is 19.8 Å². The predicted molar refractivity (Wildman–Crippen MR) is 68.8 cm³/mol.